The minimum Gasteiger partial charge on any atom is -0.327 e. The number of rotatable bonds is 3. The van der Waals surface area contributed by atoms with Gasteiger partial charge in [0.1, 0.15) is 5.82 Å². The van der Waals surface area contributed by atoms with Gasteiger partial charge in [0, 0.05) is 17.1 Å². The fraction of sp³-hybridized carbons (Fsp3) is 0.333. The average molecular weight is 228 g/mol. The Hall–Kier alpha value is -0.860. The summed E-state index contributed by atoms with van der Waals surface area (Å²) in [6, 6.07) is 4.64. The first-order valence-electron chi connectivity index (χ1n) is 4.90. The second-order valence-corrected chi connectivity index (χ2v) is 4.18. The number of hydrogen-bond acceptors (Lipinski definition) is 1. The van der Waals surface area contributed by atoms with Crippen molar-refractivity contribution >= 4 is 17.7 Å². The second kappa shape index (κ2) is 5.29. The van der Waals surface area contributed by atoms with Crippen molar-refractivity contribution in [3.05, 3.63) is 40.2 Å². The molecule has 0 saturated carbocycles. The van der Waals surface area contributed by atoms with Crippen LogP contribution in [0.15, 0.2) is 23.8 Å². The van der Waals surface area contributed by atoms with E-state index in [9.17, 15) is 4.39 Å². The maximum atomic E-state index is 13.4. The lowest BCUT2D eigenvalue weighted by Crippen LogP contribution is -2.08. The minimum absolute atomic E-state index is 0.311. The van der Waals surface area contributed by atoms with Gasteiger partial charge in [0.05, 0.1) is 0 Å². The van der Waals surface area contributed by atoms with Gasteiger partial charge in [0.2, 0.25) is 0 Å². The van der Waals surface area contributed by atoms with Crippen LogP contribution in [0, 0.1) is 11.7 Å². The van der Waals surface area contributed by atoms with Gasteiger partial charge in [-0.3, -0.25) is 0 Å². The smallest absolute Gasteiger partial charge is 0.131 e. The van der Waals surface area contributed by atoms with Gasteiger partial charge in [-0.1, -0.05) is 43.2 Å². The Morgan fingerprint density at radius 2 is 2.20 bits per heavy atom. The fourth-order valence-corrected chi connectivity index (χ4v) is 1.44. The van der Waals surface area contributed by atoms with Crippen LogP contribution in [0.2, 0.25) is 5.02 Å². The van der Waals surface area contributed by atoms with Crippen LogP contribution in [0.25, 0.3) is 6.08 Å². The summed E-state index contributed by atoms with van der Waals surface area (Å²) in [6.07, 6.45) is 1.79. The molecule has 0 unspecified atom stereocenters. The molecule has 0 bridgehead atoms. The third-order valence-corrected chi connectivity index (χ3v) is 2.52. The predicted octanol–water partition coefficient (Wildman–Crippen LogP) is 3.48. The molecule has 0 aromatic heterocycles. The van der Waals surface area contributed by atoms with E-state index < -0.39 is 0 Å². The number of benzene rings is 1. The van der Waals surface area contributed by atoms with Gasteiger partial charge in [-0.25, -0.2) is 4.39 Å². The standard InChI is InChI=1S/C12H15ClFN/c1-8(2)10(7-15)5-9-3-4-11(13)6-12(9)14/h3-6,8H,7,15H2,1-2H3/b10-5+. The molecule has 0 saturated heterocycles. The predicted molar refractivity (Wildman–Crippen MR) is 63.3 cm³/mol. The quantitative estimate of drug-likeness (QED) is 0.841. The monoisotopic (exact) mass is 227 g/mol. The van der Waals surface area contributed by atoms with Gasteiger partial charge in [-0.15, -0.1) is 0 Å². The summed E-state index contributed by atoms with van der Waals surface area (Å²) < 4.78 is 13.4. The summed E-state index contributed by atoms with van der Waals surface area (Å²) in [4.78, 5) is 0. The first-order chi connectivity index (χ1) is 7.04. The van der Waals surface area contributed by atoms with Gasteiger partial charge < -0.3 is 5.73 Å². The molecule has 0 heterocycles. The molecule has 1 aromatic carbocycles. The van der Waals surface area contributed by atoms with Gasteiger partial charge in [-0.05, 0) is 18.1 Å². The largest absolute Gasteiger partial charge is 0.327 e. The molecule has 82 valence electrons. The molecule has 1 rings (SSSR count). The zero-order valence-electron chi connectivity index (χ0n) is 8.93. The van der Waals surface area contributed by atoms with Crippen LogP contribution in [0.1, 0.15) is 19.4 Å². The molecule has 15 heavy (non-hydrogen) atoms. The Balaban J connectivity index is 3.06. The van der Waals surface area contributed by atoms with Crippen molar-refractivity contribution in [3.8, 4) is 0 Å². The van der Waals surface area contributed by atoms with E-state index in [0.717, 1.165) is 5.57 Å². The van der Waals surface area contributed by atoms with Crippen LogP contribution in [-0.2, 0) is 0 Å². The lowest BCUT2D eigenvalue weighted by atomic mass is 10.0. The molecule has 0 aliphatic rings. The average Bonchev–Trinajstić information content (AvgIpc) is 2.16. The number of nitrogens with two attached hydrogens (primary N) is 1. The summed E-state index contributed by atoms with van der Waals surface area (Å²) in [5.74, 6) is 0.0131. The molecule has 0 amide bonds. The van der Waals surface area contributed by atoms with Crippen molar-refractivity contribution in [3.63, 3.8) is 0 Å². The van der Waals surface area contributed by atoms with Crippen molar-refractivity contribution < 1.29 is 4.39 Å². The lowest BCUT2D eigenvalue weighted by Gasteiger charge is -2.09. The summed E-state index contributed by atoms with van der Waals surface area (Å²) in [5.41, 5.74) is 7.14. The molecule has 0 atom stereocenters. The van der Waals surface area contributed by atoms with E-state index in [0.29, 0.717) is 23.0 Å². The third-order valence-electron chi connectivity index (χ3n) is 2.28. The number of hydrogen-bond donors (Lipinski definition) is 1. The molecule has 0 fully saturated rings. The first kappa shape index (κ1) is 12.2. The Morgan fingerprint density at radius 1 is 1.53 bits per heavy atom. The SMILES string of the molecule is CC(C)/C(=C/c1ccc(Cl)cc1F)CN. The highest BCUT2D eigenvalue weighted by atomic mass is 35.5. The Kier molecular flexibility index (Phi) is 4.30. The van der Waals surface area contributed by atoms with Gasteiger partial charge in [-0.2, -0.15) is 0 Å². The Labute approximate surface area is 94.7 Å². The Bertz CT molecular complexity index is 372. The summed E-state index contributed by atoms with van der Waals surface area (Å²) in [6.45, 7) is 4.51. The normalized spacial score (nSPS) is 12.3. The van der Waals surface area contributed by atoms with Crippen molar-refractivity contribution in [2.24, 2.45) is 11.7 Å². The highest BCUT2D eigenvalue weighted by Crippen LogP contribution is 2.19. The summed E-state index contributed by atoms with van der Waals surface area (Å²) >= 11 is 5.66. The molecular formula is C12H15ClFN. The molecule has 0 aliphatic carbocycles. The van der Waals surface area contributed by atoms with E-state index in [1.807, 2.05) is 13.8 Å². The molecule has 2 N–H and O–H groups in total. The van der Waals surface area contributed by atoms with Crippen LogP contribution >= 0.6 is 11.6 Å². The maximum Gasteiger partial charge on any atom is 0.131 e. The van der Waals surface area contributed by atoms with E-state index in [-0.39, 0.29) is 5.82 Å². The van der Waals surface area contributed by atoms with Crippen LogP contribution in [0.5, 0.6) is 0 Å². The maximum absolute atomic E-state index is 13.4. The van der Waals surface area contributed by atoms with Crippen LogP contribution < -0.4 is 5.73 Å². The van der Waals surface area contributed by atoms with Crippen LogP contribution in [0.4, 0.5) is 4.39 Å². The van der Waals surface area contributed by atoms with Crippen molar-refractivity contribution in [2.45, 2.75) is 13.8 Å². The molecule has 1 aromatic rings. The van der Waals surface area contributed by atoms with Crippen molar-refractivity contribution in [1.29, 1.82) is 0 Å². The van der Waals surface area contributed by atoms with Gasteiger partial charge in [0.25, 0.3) is 0 Å². The second-order valence-electron chi connectivity index (χ2n) is 3.74. The van der Waals surface area contributed by atoms with Gasteiger partial charge >= 0.3 is 0 Å². The molecule has 0 spiro atoms. The highest BCUT2D eigenvalue weighted by molar-refractivity contribution is 6.30. The van der Waals surface area contributed by atoms with E-state index in [2.05, 4.69) is 0 Å². The van der Waals surface area contributed by atoms with Gasteiger partial charge in [0.15, 0.2) is 0 Å². The Morgan fingerprint density at radius 3 is 2.67 bits per heavy atom. The molecular weight excluding hydrogens is 213 g/mol. The highest BCUT2D eigenvalue weighted by Gasteiger charge is 2.04. The zero-order chi connectivity index (χ0) is 11.4. The lowest BCUT2D eigenvalue weighted by molar-refractivity contribution is 0.624. The van der Waals surface area contributed by atoms with E-state index in [1.165, 1.54) is 6.07 Å². The fourth-order valence-electron chi connectivity index (χ4n) is 1.28. The topological polar surface area (TPSA) is 26.0 Å². The van der Waals surface area contributed by atoms with Crippen LogP contribution in [-0.4, -0.2) is 6.54 Å². The van der Waals surface area contributed by atoms with E-state index in [1.54, 1.807) is 18.2 Å². The first-order valence-corrected chi connectivity index (χ1v) is 5.28. The molecule has 0 radical (unpaired) electrons. The summed E-state index contributed by atoms with van der Waals surface area (Å²) in [7, 11) is 0. The van der Waals surface area contributed by atoms with Crippen molar-refractivity contribution in [1.82, 2.24) is 0 Å². The molecule has 0 aliphatic heterocycles. The molecule has 3 heteroatoms. The van der Waals surface area contributed by atoms with Crippen molar-refractivity contribution in [2.75, 3.05) is 6.54 Å². The minimum atomic E-state index is -0.311. The summed E-state index contributed by atoms with van der Waals surface area (Å²) in [5, 5.41) is 0.406. The third kappa shape index (κ3) is 3.33. The molecule has 1 nitrogen and oxygen atoms in total. The zero-order valence-corrected chi connectivity index (χ0v) is 9.68. The van der Waals surface area contributed by atoms with E-state index in [4.69, 9.17) is 17.3 Å². The van der Waals surface area contributed by atoms with E-state index >= 15 is 0 Å². The number of halogens is 2. The van der Waals surface area contributed by atoms with Crippen LogP contribution in [0.3, 0.4) is 0 Å².